The van der Waals surface area contributed by atoms with E-state index in [0.717, 1.165) is 10.2 Å². The number of fused-ring (bicyclic) bond motifs is 1. The third-order valence-corrected chi connectivity index (χ3v) is 5.25. The molecule has 1 amide bonds. The van der Waals surface area contributed by atoms with Crippen LogP contribution in [0.4, 0.5) is 5.69 Å². The summed E-state index contributed by atoms with van der Waals surface area (Å²) >= 11 is 3.41. The Hall–Kier alpha value is -1.56. The molecule has 4 N–H and O–H groups in total. The molecule has 112 valence electrons. The van der Waals surface area contributed by atoms with Crippen LogP contribution in [-0.2, 0) is 4.79 Å². The Morgan fingerprint density at radius 1 is 1.33 bits per heavy atom. The van der Waals surface area contributed by atoms with Gasteiger partial charge >= 0.3 is 0 Å². The van der Waals surface area contributed by atoms with Gasteiger partial charge in [-0.3, -0.25) is 4.79 Å². The summed E-state index contributed by atoms with van der Waals surface area (Å²) in [5, 5.41) is 14.6. The SMILES string of the molecule is N/C(=N/O)c1ccc(NC(=O)C2C3CCCCC32)c(Br)c1. The van der Waals surface area contributed by atoms with Gasteiger partial charge in [0, 0.05) is 16.0 Å². The number of amidine groups is 1. The number of amides is 1. The molecule has 0 spiro atoms. The van der Waals surface area contributed by atoms with Crippen molar-refractivity contribution in [2.24, 2.45) is 28.6 Å². The first-order valence-corrected chi connectivity index (χ1v) is 7.99. The Balaban J connectivity index is 1.69. The van der Waals surface area contributed by atoms with Crippen molar-refractivity contribution in [3.8, 4) is 0 Å². The fourth-order valence-electron chi connectivity index (χ4n) is 3.43. The minimum Gasteiger partial charge on any atom is -0.409 e. The summed E-state index contributed by atoms with van der Waals surface area (Å²) in [7, 11) is 0. The molecular weight excluding hydrogens is 334 g/mol. The van der Waals surface area contributed by atoms with Crippen LogP contribution < -0.4 is 11.1 Å². The molecule has 0 aliphatic heterocycles. The van der Waals surface area contributed by atoms with E-state index in [-0.39, 0.29) is 17.7 Å². The van der Waals surface area contributed by atoms with Crippen LogP contribution in [0.15, 0.2) is 27.8 Å². The molecule has 2 saturated carbocycles. The van der Waals surface area contributed by atoms with Crippen LogP contribution in [0.5, 0.6) is 0 Å². The summed E-state index contributed by atoms with van der Waals surface area (Å²) in [6.07, 6.45) is 4.88. The second-order valence-corrected chi connectivity index (χ2v) is 6.66. The van der Waals surface area contributed by atoms with Crippen molar-refractivity contribution in [3.05, 3.63) is 28.2 Å². The number of halogens is 1. The van der Waals surface area contributed by atoms with Crippen LogP contribution in [0.2, 0.25) is 0 Å². The van der Waals surface area contributed by atoms with Crippen LogP contribution >= 0.6 is 15.9 Å². The van der Waals surface area contributed by atoms with Gasteiger partial charge in [-0.25, -0.2) is 0 Å². The zero-order chi connectivity index (χ0) is 15.0. The lowest BCUT2D eigenvalue weighted by Gasteiger charge is -2.09. The third kappa shape index (κ3) is 2.77. The lowest BCUT2D eigenvalue weighted by atomic mass is 10.0. The number of nitrogens with two attached hydrogens (primary N) is 1. The Kier molecular flexibility index (Phi) is 3.89. The molecule has 1 aromatic carbocycles. The molecule has 2 unspecified atom stereocenters. The van der Waals surface area contributed by atoms with Crippen LogP contribution in [-0.4, -0.2) is 17.0 Å². The molecule has 21 heavy (non-hydrogen) atoms. The van der Waals surface area contributed by atoms with E-state index in [4.69, 9.17) is 10.9 Å². The zero-order valence-electron chi connectivity index (χ0n) is 11.6. The highest BCUT2D eigenvalue weighted by Gasteiger charge is 2.54. The Bertz CT molecular complexity index is 591. The summed E-state index contributed by atoms with van der Waals surface area (Å²) in [5.74, 6) is 1.53. The predicted octanol–water partition coefficient (Wildman–Crippen LogP) is 2.92. The molecular formula is C15H18BrN3O2. The Labute approximate surface area is 131 Å². The van der Waals surface area contributed by atoms with Crippen LogP contribution in [0.1, 0.15) is 31.2 Å². The van der Waals surface area contributed by atoms with Crippen molar-refractivity contribution in [1.82, 2.24) is 0 Å². The monoisotopic (exact) mass is 351 g/mol. The molecule has 1 aromatic rings. The number of nitrogens with one attached hydrogen (secondary N) is 1. The number of carbonyl (C=O) groups is 1. The zero-order valence-corrected chi connectivity index (χ0v) is 13.1. The number of rotatable bonds is 3. The van der Waals surface area contributed by atoms with Gasteiger partial charge in [0.1, 0.15) is 0 Å². The molecule has 0 saturated heterocycles. The number of oxime groups is 1. The predicted molar refractivity (Wildman–Crippen MR) is 84.2 cm³/mol. The molecule has 0 heterocycles. The van der Waals surface area contributed by atoms with Gasteiger partial charge in [0.25, 0.3) is 0 Å². The average Bonchev–Trinajstić information content (AvgIpc) is 3.22. The summed E-state index contributed by atoms with van der Waals surface area (Å²) in [6.45, 7) is 0. The van der Waals surface area contributed by atoms with Crippen molar-refractivity contribution in [1.29, 1.82) is 0 Å². The first-order valence-electron chi connectivity index (χ1n) is 7.20. The minimum atomic E-state index is 0.0433. The second-order valence-electron chi connectivity index (χ2n) is 5.81. The van der Waals surface area contributed by atoms with E-state index in [9.17, 15) is 4.79 Å². The lowest BCUT2D eigenvalue weighted by molar-refractivity contribution is -0.117. The maximum Gasteiger partial charge on any atom is 0.228 e. The number of nitrogens with zero attached hydrogens (tertiary/aromatic N) is 1. The topological polar surface area (TPSA) is 87.7 Å². The molecule has 2 fully saturated rings. The molecule has 0 radical (unpaired) electrons. The van der Waals surface area contributed by atoms with Crippen LogP contribution in [0.3, 0.4) is 0 Å². The fraction of sp³-hybridized carbons (Fsp3) is 0.467. The highest BCUT2D eigenvalue weighted by atomic mass is 79.9. The van der Waals surface area contributed by atoms with Crippen LogP contribution in [0.25, 0.3) is 0 Å². The summed E-state index contributed by atoms with van der Waals surface area (Å²) in [5.41, 5.74) is 6.86. The highest BCUT2D eigenvalue weighted by Crippen LogP contribution is 2.55. The largest absolute Gasteiger partial charge is 0.409 e. The van der Waals surface area contributed by atoms with Crippen molar-refractivity contribution in [3.63, 3.8) is 0 Å². The van der Waals surface area contributed by atoms with Gasteiger partial charge in [0.2, 0.25) is 5.91 Å². The molecule has 2 aliphatic rings. The van der Waals surface area contributed by atoms with Crippen molar-refractivity contribution >= 4 is 33.4 Å². The van der Waals surface area contributed by atoms with Gasteiger partial charge in [0.15, 0.2) is 5.84 Å². The molecule has 3 rings (SSSR count). The Morgan fingerprint density at radius 2 is 2.00 bits per heavy atom. The van der Waals surface area contributed by atoms with Crippen LogP contribution in [0, 0.1) is 17.8 Å². The smallest absolute Gasteiger partial charge is 0.228 e. The number of anilines is 1. The van der Waals surface area contributed by atoms with Gasteiger partial charge < -0.3 is 16.3 Å². The number of hydrogen-bond donors (Lipinski definition) is 3. The third-order valence-electron chi connectivity index (χ3n) is 4.59. The van der Waals surface area contributed by atoms with Crippen molar-refractivity contribution < 1.29 is 10.0 Å². The highest BCUT2D eigenvalue weighted by molar-refractivity contribution is 9.10. The molecule has 6 heteroatoms. The van der Waals surface area contributed by atoms with Gasteiger partial charge in [-0.2, -0.15) is 0 Å². The van der Waals surface area contributed by atoms with Gasteiger partial charge in [-0.15, -0.1) is 0 Å². The van der Waals surface area contributed by atoms with E-state index in [1.54, 1.807) is 18.2 Å². The summed E-state index contributed by atoms with van der Waals surface area (Å²) in [6, 6.07) is 5.21. The number of carbonyl (C=O) groups excluding carboxylic acids is 1. The average molecular weight is 352 g/mol. The molecule has 5 nitrogen and oxygen atoms in total. The lowest BCUT2D eigenvalue weighted by Crippen LogP contribution is -2.17. The normalized spacial score (nSPS) is 27.9. The first kappa shape index (κ1) is 14.4. The van der Waals surface area contributed by atoms with E-state index in [1.165, 1.54) is 25.7 Å². The Morgan fingerprint density at radius 3 is 2.57 bits per heavy atom. The van der Waals surface area contributed by atoms with E-state index in [2.05, 4.69) is 26.4 Å². The minimum absolute atomic E-state index is 0.0433. The molecule has 2 atom stereocenters. The summed E-state index contributed by atoms with van der Waals surface area (Å²) in [4.78, 5) is 12.3. The van der Waals surface area contributed by atoms with E-state index in [1.807, 2.05) is 0 Å². The van der Waals surface area contributed by atoms with E-state index < -0.39 is 0 Å². The van der Waals surface area contributed by atoms with Crippen molar-refractivity contribution in [2.45, 2.75) is 25.7 Å². The number of hydrogen-bond acceptors (Lipinski definition) is 3. The molecule has 0 aromatic heterocycles. The van der Waals surface area contributed by atoms with Gasteiger partial charge in [-0.05, 0) is 58.8 Å². The van der Waals surface area contributed by atoms with E-state index in [0.29, 0.717) is 17.4 Å². The van der Waals surface area contributed by atoms with Crippen molar-refractivity contribution in [2.75, 3.05) is 5.32 Å². The quantitative estimate of drug-likeness (QED) is 0.338. The van der Waals surface area contributed by atoms with Gasteiger partial charge in [0.05, 0.1) is 5.69 Å². The second kappa shape index (κ2) is 5.67. The standard InChI is InChI=1S/C15H18BrN3O2/c16-11-7-8(14(17)19-21)5-6-12(11)18-15(20)13-9-3-1-2-4-10(9)13/h5-7,9-10,13,21H,1-4H2,(H2,17,19)(H,18,20). The molecule has 0 bridgehead atoms. The fourth-order valence-corrected chi connectivity index (χ4v) is 3.91. The summed E-state index contributed by atoms with van der Waals surface area (Å²) < 4.78 is 0.726. The number of benzene rings is 1. The molecule has 2 aliphatic carbocycles. The van der Waals surface area contributed by atoms with Gasteiger partial charge in [-0.1, -0.05) is 18.0 Å². The first-order chi connectivity index (χ1) is 10.1. The maximum absolute atomic E-state index is 12.3. The van der Waals surface area contributed by atoms with E-state index >= 15 is 0 Å². The maximum atomic E-state index is 12.3.